The lowest BCUT2D eigenvalue weighted by Crippen LogP contribution is -2.30. The lowest BCUT2D eigenvalue weighted by molar-refractivity contribution is 0.0948. The maximum absolute atomic E-state index is 13.5. The average Bonchev–Trinajstić information content (AvgIpc) is 2.89. The monoisotopic (exact) mass is 296 g/mol. The Labute approximate surface area is 118 Å². The molecule has 2 aromatic rings. The number of nitrogens with one attached hydrogen (secondary N) is 1. The third-order valence-corrected chi connectivity index (χ3v) is 3.47. The Balaban J connectivity index is 1.89. The molecule has 9 heteroatoms. The van der Waals surface area contributed by atoms with Crippen molar-refractivity contribution in [1.29, 1.82) is 0 Å². The first kappa shape index (κ1) is 14.3. The van der Waals surface area contributed by atoms with E-state index in [9.17, 15) is 9.18 Å². The number of anilines is 1. The molecule has 0 saturated heterocycles. The maximum Gasteiger partial charge on any atom is 0.287 e. The van der Waals surface area contributed by atoms with Crippen LogP contribution in [0.3, 0.4) is 0 Å². The molecule has 7 nitrogen and oxygen atoms in total. The minimum Gasteiger partial charge on any atom is -0.399 e. The summed E-state index contributed by atoms with van der Waals surface area (Å²) in [6.45, 7) is 0.485. The number of halogens is 1. The van der Waals surface area contributed by atoms with E-state index >= 15 is 0 Å². The molecular formula is C11H13FN6OS. The number of carbonyl (C=O) groups is 1. The number of nitrogens with zero attached hydrogens (tertiary/aromatic N) is 3. The summed E-state index contributed by atoms with van der Waals surface area (Å²) >= 11 is 1.33. The van der Waals surface area contributed by atoms with Crippen molar-refractivity contribution in [2.75, 3.05) is 11.5 Å². The van der Waals surface area contributed by atoms with Crippen LogP contribution in [0.2, 0.25) is 0 Å². The van der Waals surface area contributed by atoms with Gasteiger partial charge in [-0.1, -0.05) is 5.21 Å². The molecule has 1 aromatic carbocycles. The van der Waals surface area contributed by atoms with Gasteiger partial charge >= 0.3 is 0 Å². The fraction of sp³-hybridized carbons (Fsp3) is 0.182. The standard InChI is InChI=1S/C11H13FN6OS/c12-8-5-7(13)1-2-10(8)20-4-3-18-6-9(16-17-18)11(19)15-14/h1-2,5-6H,3-4,13-14H2,(H,15,19). The zero-order valence-corrected chi connectivity index (χ0v) is 11.2. The van der Waals surface area contributed by atoms with Gasteiger partial charge in [-0.15, -0.1) is 16.9 Å². The number of hydrazine groups is 1. The Morgan fingerprint density at radius 2 is 2.30 bits per heavy atom. The minimum absolute atomic E-state index is 0.135. The molecule has 0 fully saturated rings. The summed E-state index contributed by atoms with van der Waals surface area (Å²) in [5.74, 6) is 4.71. The highest BCUT2D eigenvalue weighted by Gasteiger charge is 2.09. The maximum atomic E-state index is 13.5. The molecule has 0 spiro atoms. The van der Waals surface area contributed by atoms with Crippen LogP contribution in [0.1, 0.15) is 10.5 Å². The second kappa shape index (κ2) is 6.35. The summed E-state index contributed by atoms with van der Waals surface area (Å²) in [4.78, 5) is 11.7. The van der Waals surface area contributed by atoms with E-state index in [1.54, 1.807) is 12.1 Å². The highest BCUT2D eigenvalue weighted by atomic mass is 32.2. The zero-order valence-electron chi connectivity index (χ0n) is 10.4. The number of aryl methyl sites for hydroxylation is 1. The fourth-order valence-corrected chi connectivity index (χ4v) is 2.33. The summed E-state index contributed by atoms with van der Waals surface area (Å²) in [6.07, 6.45) is 1.47. The van der Waals surface area contributed by atoms with Crippen LogP contribution in [0.5, 0.6) is 0 Å². The summed E-state index contributed by atoms with van der Waals surface area (Å²) in [5.41, 5.74) is 7.96. The highest BCUT2D eigenvalue weighted by molar-refractivity contribution is 7.99. The van der Waals surface area contributed by atoms with Crippen LogP contribution in [0.25, 0.3) is 0 Å². The van der Waals surface area contributed by atoms with E-state index in [-0.39, 0.29) is 11.5 Å². The van der Waals surface area contributed by atoms with Gasteiger partial charge in [0.1, 0.15) is 5.82 Å². The summed E-state index contributed by atoms with van der Waals surface area (Å²) in [5, 5.41) is 7.44. The van der Waals surface area contributed by atoms with E-state index in [2.05, 4.69) is 10.3 Å². The molecule has 0 radical (unpaired) electrons. The van der Waals surface area contributed by atoms with Gasteiger partial charge in [-0.25, -0.2) is 10.2 Å². The van der Waals surface area contributed by atoms with Crippen molar-refractivity contribution in [2.24, 2.45) is 5.84 Å². The third-order valence-electron chi connectivity index (χ3n) is 2.44. The molecule has 0 aliphatic rings. The van der Waals surface area contributed by atoms with Crippen molar-refractivity contribution in [3.63, 3.8) is 0 Å². The minimum atomic E-state index is -0.506. The van der Waals surface area contributed by atoms with Crippen molar-refractivity contribution in [3.8, 4) is 0 Å². The second-order valence-electron chi connectivity index (χ2n) is 3.88. The number of rotatable bonds is 5. The Morgan fingerprint density at radius 3 is 3.00 bits per heavy atom. The van der Waals surface area contributed by atoms with Crippen LogP contribution in [0, 0.1) is 5.82 Å². The number of thioether (sulfide) groups is 1. The van der Waals surface area contributed by atoms with Crippen molar-refractivity contribution < 1.29 is 9.18 Å². The van der Waals surface area contributed by atoms with Gasteiger partial charge in [0.05, 0.1) is 12.7 Å². The molecule has 0 unspecified atom stereocenters. The highest BCUT2D eigenvalue weighted by Crippen LogP contribution is 2.23. The molecule has 1 aromatic heterocycles. The first-order chi connectivity index (χ1) is 9.60. The van der Waals surface area contributed by atoms with Crippen molar-refractivity contribution in [2.45, 2.75) is 11.4 Å². The average molecular weight is 296 g/mol. The molecular weight excluding hydrogens is 283 g/mol. The molecule has 106 valence electrons. The SMILES string of the molecule is NNC(=O)c1cn(CCSc2ccc(N)cc2F)nn1. The predicted octanol–water partition coefficient (Wildman–Crippen LogP) is 0.395. The Bertz CT molecular complexity index is 617. The van der Waals surface area contributed by atoms with Crippen molar-refractivity contribution >= 4 is 23.4 Å². The van der Waals surface area contributed by atoms with Crippen molar-refractivity contribution in [3.05, 3.63) is 35.9 Å². The van der Waals surface area contributed by atoms with E-state index in [4.69, 9.17) is 11.6 Å². The normalized spacial score (nSPS) is 10.5. The lowest BCUT2D eigenvalue weighted by atomic mass is 10.3. The molecule has 20 heavy (non-hydrogen) atoms. The molecule has 1 heterocycles. The summed E-state index contributed by atoms with van der Waals surface area (Å²) in [7, 11) is 0. The van der Waals surface area contributed by atoms with Crippen molar-refractivity contribution in [1.82, 2.24) is 20.4 Å². The van der Waals surface area contributed by atoms with E-state index in [0.29, 0.717) is 22.9 Å². The van der Waals surface area contributed by atoms with Crippen LogP contribution in [0.4, 0.5) is 10.1 Å². The van der Waals surface area contributed by atoms with Crippen LogP contribution < -0.4 is 17.0 Å². The van der Waals surface area contributed by atoms with Crippen LogP contribution in [-0.2, 0) is 6.54 Å². The number of nitrogens with two attached hydrogens (primary N) is 2. The second-order valence-corrected chi connectivity index (χ2v) is 5.02. The first-order valence-electron chi connectivity index (χ1n) is 5.69. The molecule has 0 aliphatic carbocycles. The van der Waals surface area contributed by atoms with Gasteiger partial charge in [-0.3, -0.25) is 14.9 Å². The zero-order chi connectivity index (χ0) is 14.5. The Hall–Kier alpha value is -2.13. The van der Waals surface area contributed by atoms with Gasteiger partial charge in [0.25, 0.3) is 5.91 Å². The topological polar surface area (TPSA) is 112 Å². The quantitative estimate of drug-likeness (QED) is 0.242. The molecule has 0 aliphatic heterocycles. The molecule has 0 atom stereocenters. The van der Waals surface area contributed by atoms with Gasteiger partial charge in [-0.05, 0) is 18.2 Å². The number of hydrogen-bond donors (Lipinski definition) is 3. The van der Waals surface area contributed by atoms with Gasteiger partial charge in [-0.2, -0.15) is 0 Å². The molecule has 1 amide bonds. The van der Waals surface area contributed by atoms with Gasteiger partial charge in [0, 0.05) is 16.3 Å². The number of hydrogen-bond acceptors (Lipinski definition) is 6. The van der Waals surface area contributed by atoms with E-state index in [0.717, 1.165) is 0 Å². The number of aromatic nitrogens is 3. The van der Waals surface area contributed by atoms with E-state index in [1.165, 1.54) is 28.7 Å². The summed E-state index contributed by atoms with van der Waals surface area (Å²) < 4.78 is 15.0. The molecule has 5 N–H and O–H groups in total. The third kappa shape index (κ3) is 3.45. The van der Waals surface area contributed by atoms with Crippen LogP contribution in [-0.4, -0.2) is 26.7 Å². The van der Waals surface area contributed by atoms with Gasteiger partial charge in [0.2, 0.25) is 0 Å². The number of carbonyl (C=O) groups excluding carboxylic acids is 1. The largest absolute Gasteiger partial charge is 0.399 e. The van der Waals surface area contributed by atoms with E-state index < -0.39 is 5.91 Å². The van der Waals surface area contributed by atoms with Gasteiger partial charge < -0.3 is 5.73 Å². The van der Waals surface area contributed by atoms with Crippen LogP contribution >= 0.6 is 11.8 Å². The fourth-order valence-electron chi connectivity index (χ4n) is 1.47. The Kier molecular flexibility index (Phi) is 4.53. The molecule has 0 bridgehead atoms. The Morgan fingerprint density at radius 1 is 1.50 bits per heavy atom. The number of amides is 1. The number of benzene rings is 1. The smallest absolute Gasteiger partial charge is 0.287 e. The number of nitrogen functional groups attached to an aromatic ring is 2. The van der Waals surface area contributed by atoms with Gasteiger partial charge in [0.15, 0.2) is 5.69 Å². The summed E-state index contributed by atoms with van der Waals surface area (Å²) in [6, 6.07) is 4.55. The first-order valence-corrected chi connectivity index (χ1v) is 6.67. The molecule has 0 saturated carbocycles. The van der Waals surface area contributed by atoms with E-state index in [1.807, 2.05) is 5.43 Å². The lowest BCUT2D eigenvalue weighted by Gasteiger charge is -2.03. The molecule has 2 rings (SSSR count). The predicted molar refractivity (Wildman–Crippen MR) is 73.2 cm³/mol. The van der Waals surface area contributed by atoms with Crippen LogP contribution in [0.15, 0.2) is 29.3 Å².